The standard InChI is InChI=1S/C24H28N2O2/c1-18-8-11-22-23(27-2)14-20(10-9-19-6-4-3-5-7-19)15-24(22)28-17-21-16-25-12-13-26(18)21/h3-10,14-15,21,25H,11-13,16-17H2,1-2H3/b10-9+,18-8+. The highest BCUT2D eigenvalue weighted by molar-refractivity contribution is 5.72. The van der Waals surface area contributed by atoms with Crippen LogP contribution in [0.2, 0.25) is 0 Å². The lowest BCUT2D eigenvalue weighted by molar-refractivity contribution is 0.143. The van der Waals surface area contributed by atoms with Crippen molar-refractivity contribution in [3.63, 3.8) is 0 Å². The van der Waals surface area contributed by atoms with Crippen molar-refractivity contribution >= 4 is 12.2 Å². The molecule has 1 unspecified atom stereocenters. The number of hydrogen-bond donors (Lipinski definition) is 1. The second-order valence-electron chi connectivity index (χ2n) is 7.36. The quantitative estimate of drug-likeness (QED) is 0.822. The van der Waals surface area contributed by atoms with Gasteiger partial charge in [0, 0.05) is 30.9 Å². The van der Waals surface area contributed by atoms with Gasteiger partial charge in [0.1, 0.15) is 18.1 Å². The Balaban J connectivity index is 1.66. The van der Waals surface area contributed by atoms with Crippen molar-refractivity contribution in [2.24, 2.45) is 0 Å². The van der Waals surface area contributed by atoms with Crippen LogP contribution in [0.4, 0.5) is 0 Å². The first-order chi connectivity index (χ1) is 13.7. The van der Waals surface area contributed by atoms with Gasteiger partial charge in [0.05, 0.1) is 13.2 Å². The van der Waals surface area contributed by atoms with E-state index in [0.717, 1.165) is 48.7 Å². The Labute approximate surface area is 167 Å². The predicted octanol–water partition coefficient (Wildman–Crippen LogP) is 3.98. The number of rotatable bonds is 3. The number of piperazine rings is 1. The zero-order valence-corrected chi connectivity index (χ0v) is 16.7. The minimum absolute atomic E-state index is 0.352. The average Bonchev–Trinajstić information content (AvgIpc) is 2.81. The highest BCUT2D eigenvalue weighted by Gasteiger charge is 2.25. The van der Waals surface area contributed by atoms with Gasteiger partial charge in [-0.25, -0.2) is 0 Å². The molecule has 0 aliphatic carbocycles. The van der Waals surface area contributed by atoms with Crippen molar-refractivity contribution < 1.29 is 9.47 Å². The van der Waals surface area contributed by atoms with Crippen LogP contribution in [-0.2, 0) is 6.42 Å². The molecule has 1 N–H and O–H groups in total. The summed E-state index contributed by atoms with van der Waals surface area (Å²) < 4.78 is 12.1. The molecular weight excluding hydrogens is 348 g/mol. The lowest BCUT2D eigenvalue weighted by atomic mass is 10.0. The number of hydrogen-bond acceptors (Lipinski definition) is 4. The van der Waals surface area contributed by atoms with Gasteiger partial charge >= 0.3 is 0 Å². The smallest absolute Gasteiger partial charge is 0.127 e. The molecular formula is C24H28N2O2. The van der Waals surface area contributed by atoms with Gasteiger partial charge in [-0.1, -0.05) is 48.6 Å². The van der Waals surface area contributed by atoms with Crippen molar-refractivity contribution in [1.29, 1.82) is 0 Å². The van der Waals surface area contributed by atoms with Crippen molar-refractivity contribution in [2.45, 2.75) is 19.4 Å². The van der Waals surface area contributed by atoms with Crippen LogP contribution in [0.3, 0.4) is 0 Å². The van der Waals surface area contributed by atoms with E-state index in [-0.39, 0.29) is 0 Å². The third-order valence-electron chi connectivity index (χ3n) is 5.51. The van der Waals surface area contributed by atoms with Crippen LogP contribution in [0.5, 0.6) is 11.5 Å². The summed E-state index contributed by atoms with van der Waals surface area (Å²) in [6.45, 7) is 5.86. The Hall–Kier alpha value is -2.72. The number of methoxy groups -OCH3 is 1. The van der Waals surface area contributed by atoms with Crippen LogP contribution in [-0.4, -0.2) is 44.3 Å². The van der Waals surface area contributed by atoms with Crippen LogP contribution in [0.25, 0.3) is 12.2 Å². The highest BCUT2D eigenvalue weighted by atomic mass is 16.5. The largest absolute Gasteiger partial charge is 0.496 e. The summed E-state index contributed by atoms with van der Waals surface area (Å²) in [7, 11) is 1.73. The fourth-order valence-electron chi connectivity index (χ4n) is 3.93. The minimum Gasteiger partial charge on any atom is -0.496 e. The average molecular weight is 377 g/mol. The number of nitrogens with zero attached hydrogens (tertiary/aromatic N) is 1. The first-order valence-corrected chi connectivity index (χ1v) is 9.95. The molecule has 2 aliphatic heterocycles. The van der Waals surface area contributed by atoms with Gasteiger partial charge in [-0.05, 0) is 36.6 Å². The molecule has 1 atom stereocenters. The fraction of sp³-hybridized carbons (Fsp3) is 0.333. The number of ether oxygens (including phenoxy) is 2. The molecule has 0 saturated carbocycles. The maximum atomic E-state index is 6.33. The molecule has 1 saturated heterocycles. The normalized spacial score (nSPS) is 21.4. The lowest BCUT2D eigenvalue weighted by Gasteiger charge is -2.38. The summed E-state index contributed by atoms with van der Waals surface area (Å²) >= 11 is 0. The maximum absolute atomic E-state index is 6.33. The molecule has 0 amide bonds. The first kappa shape index (κ1) is 18.6. The third kappa shape index (κ3) is 4.07. The van der Waals surface area contributed by atoms with Crippen molar-refractivity contribution in [3.8, 4) is 11.5 Å². The molecule has 28 heavy (non-hydrogen) atoms. The van der Waals surface area contributed by atoms with Crippen LogP contribution in [0.15, 0.2) is 54.2 Å². The minimum atomic E-state index is 0.352. The van der Waals surface area contributed by atoms with E-state index in [9.17, 15) is 0 Å². The summed E-state index contributed by atoms with van der Waals surface area (Å²) in [6.07, 6.45) is 7.34. The highest BCUT2D eigenvalue weighted by Crippen LogP contribution is 2.34. The zero-order chi connectivity index (χ0) is 19.3. The van der Waals surface area contributed by atoms with Crippen LogP contribution < -0.4 is 14.8 Å². The molecule has 146 valence electrons. The van der Waals surface area contributed by atoms with Gasteiger partial charge in [-0.15, -0.1) is 0 Å². The molecule has 2 aliphatic rings. The van der Waals surface area contributed by atoms with E-state index in [1.807, 2.05) is 18.2 Å². The van der Waals surface area contributed by atoms with Gasteiger partial charge < -0.3 is 19.7 Å². The van der Waals surface area contributed by atoms with Crippen molar-refractivity contribution in [1.82, 2.24) is 10.2 Å². The molecule has 2 aromatic carbocycles. The molecule has 0 bridgehead atoms. The van der Waals surface area contributed by atoms with Gasteiger partial charge in [0.25, 0.3) is 0 Å². The molecule has 1 fully saturated rings. The SMILES string of the molecule is COc1cc(/C=C/c2ccccc2)cc2c1C/C=C(\C)N1CCNCC1CO2. The summed E-state index contributed by atoms with van der Waals surface area (Å²) in [5, 5.41) is 3.48. The van der Waals surface area contributed by atoms with Crippen LogP contribution >= 0.6 is 0 Å². The fourth-order valence-corrected chi connectivity index (χ4v) is 3.93. The Bertz CT molecular complexity index is 874. The summed E-state index contributed by atoms with van der Waals surface area (Å²) in [5.41, 5.74) is 4.69. The monoisotopic (exact) mass is 376 g/mol. The van der Waals surface area contributed by atoms with E-state index in [0.29, 0.717) is 12.6 Å². The molecule has 4 heteroatoms. The number of fused-ring (bicyclic) bond motifs is 2. The molecule has 0 radical (unpaired) electrons. The van der Waals surface area contributed by atoms with E-state index in [2.05, 4.69) is 59.6 Å². The van der Waals surface area contributed by atoms with Gasteiger partial charge in [-0.2, -0.15) is 0 Å². The number of allylic oxidation sites excluding steroid dienone is 2. The number of nitrogens with one attached hydrogen (secondary N) is 1. The number of benzene rings is 2. The van der Waals surface area contributed by atoms with E-state index >= 15 is 0 Å². The Kier molecular flexibility index (Phi) is 5.68. The van der Waals surface area contributed by atoms with Crippen LogP contribution in [0.1, 0.15) is 23.6 Å². The maximum Gasteiger partial charge on any atom is 0.127 e. The van der Waals surface area contributed by atoms with Crippen molar-refractivity contribution in [3.05, 3.63) is 70.9 Å². The Morgan fingerprint density at radius 1 is 1.14 bits per heavy atom. The third-order valence-corrected chi connectivity index (χ3v) is 5.51. The second kappa shape index (κ2) is 8.53. The first-order valence-electron chi connectivity index (χ1n) is 9.95. The summed E-state index contributed by atoms with van der Waals surface area (Å²) in [4.78, 5) is 2.46. The summed E-state index contributed by atoms with van der Waals surface area (Å²) in [6, 6.07) is 14.9. The van der Waals surface area contributed by atoms with E-state index < -0.39 is 0 Å². The lowest BCUT2D eigenvalue weighted by Crippen LogP contribution is -2.52. The Morgan fingerprint density at radius 3 is 2.79 bits per heavy atom. The van der Waals surface area contributed by atoms with Gasteiger partial charge in [-0.3, -0.25) is 0 Å². The van der Waals surface area contributed by atoms with Crippen molar-refractivity contribution in [2.75, 3.05) is 33.4 Å². The van der Waals surface area contributed by atoms with E-state index in [1.54, 1.807) is 7.11 Å². The van der Waals surface area contributed by atoms with E-state index in [4.69, 9.17) is 9.47 Å². The van der Waals surface area contributed by atoms with E-state index in [1.165, 1.54) is 11.3 Å². The molecule has 2 heterocycles. The molecule has 0 aromatic heterocycles. The second-order valence-corrected chi connectivity index (χ2v) is 7.36. The Morgan fingerprint density at radius 2 is 1.96 bits per heavy atom. The molecule has 4 nitrogen and oxygen atoms in total. The zero-order valence-electron chi connectivity index (χ0n) is 16.7. The molecule has 2 aromatic rings. The molecule has 4 rings (SSSR count). The topological polar surface area (TPSA) is 33.7 Å². The van der Waals surface area contributed by atoms with Gasteiger partial charge in [0.15, 0.2) is 0 Å². The van der Waals surface area contributed by atoms with Gasteiger partial charge in [0.2, 0.25) is 0 Å². The molecule has 0 spiro atoms. The van der Waals surface area contributed by atoms with Crippen LogP contribution in [0, 0.1) is 0 Å². The predicted molar refractivity (Wildman–Crippen MR) is 115 cm³/mol. The summed E-state index contributed by atoms with van der Waals surface area (Å²) in [5.74, 6) is 1.80.